The summed E-state index contributed by atoms with van der Waals surface area (Å²) in [5.74, 6) is -0.505. The standard InChI is InChI=1S/C25H34O6/c1-23-13-20(29)22-18(19(23)8-9-25(23,31)21(30)14-27)7-6-16-12-17(28)11-15(24(16,22)2)5-3-4-10-26/h10-12,18-20,22,27,29,31H,3-9,13-14H2,1-2H3/t18-,19-,20-,22+,23-,24-,25-/m0/s1. The van der Waals surface area contributed by atoms with E-state index < -0.39 is 34.9 Å². The van der Waals surface area contributed by atoms with Gasteiger partial charge in [-0.15, -0.1) is 0 Å². The Hall–Kier alpha value is -1.63. The largest absolute Gasteiger partial charge is 0.393 e. The van der Waals surface area contributed by atoms with Gasteiger partial charge in [-0.1, -0.05) is 25.0 Å². The van der Waals surface area contributed by atoms with Gasteiger partial charge in [0.2, 0.25) is 0 Å². The number of aliphatic hydroxyl groups is 3. The van der Waals surface area contributed by atoms with Crippen molar-refractivity contribution in [2.75, 3.05) is 6.61 Å². The minimum Gasteiger partial charge on any atom is -0.393 e. The molecule has 0 aromatic heterocycles. The highest BCUT2D eigenvalue weighted by atomic mass is 16.3. The van der Waals surface area contributed by atoms with Crippen LogP contribution in [-0.2, 0) is 14.4 Å². The molecule has 4 rings (SSSR count). The number of unbranched alkanes of at least 4 members (excludes halogenated alkanes) is 1. The van der Waals surface area contributed by atoms with Gasteiger partial charge in [-0.05, 0) is 68.9 Å². The van der Waals surface area contributed by atoms with Crippen LogP contribution in [0.1, 0.15) is 65.2 Å². The van der Waals surface area contributed by atoms with E-state index in [2.05, 4.69) is 6.92 Å². The van der Waals surface area contributed by atoms with E-state index in [-0.39, 0.29) is 23.5 Å². The zero-order valence-corrected chi connectivity index (χ0v) is 18.5. The summed E-state index contributed by atoms with van der Waals surface area (Å²) in [5.41, 5.74) is -0.793. The molecule has 0 amide bonds. The summed E-state index contributed by atoms with van der Waals surface area (Å²) >= 11 is 0. The maximum Gasteiger partial charge on any atom is 0.190 e. The van der Waals surface area contributed by atoms with Crippen molar-refractivity contribution in [3.8, 4) is 0 Å². The number of carbonyl (C=O) groups excluding carboxylic acids is 3. The first-order valence-corrected chi connectivity index (χ1v) is 11.6. The number of Topliss-reactive ketones (excluding diaryl/α,β-unsaturated/α-hetero) is 1. The van der Waals surface area contributed by atoms with Crippen LogP contribution < -0.4 is 0 Å². The van der Waals surface area contributed by atoms with Crippen molar-refractivity contribution in [2.45, 2.75) is 76.9 Å². The molecule has 3 N–H and O–H groups in total. The lowest BCUT2D eigenvalue weighted by Gasteiger charge is -2.60. The quantitative estimate of drug-likeness (QED) is 0.440. The predicted octanol–water partition coefficient (Wildman–Crippen LogP) is 2.30. The molecule has 0 unspecified atom stereocenters. The summed E-state index contributed by atoms with van der Waals surface area (Å²) in [5, 5.41) is 32.3. The molecule has 0 saturated heterocycles. The van der Waals surface area contributed by atoms with Crippen molar-refractivity contribution in [3.63, 3.8) is 0 Å². The van der Waals surface area contributed by atoms with E-state index in [0.29, 0.717) is 38.5 Å². The van der Waals surface area contributed by atoms with Gasteiger partial charge < -0.3 is 20.1 Å². The van der Waals surface area contributed by atoms with Crippen LogP contribution in [-0.4, -0.2) is 51.5 Å². The van der Waals surface area contributed by atoms with Gasteiger partial charge in [0, 0.05) is 23.2 Å². The summed E-state index contributed by atoms with van der Waals surface area (Å²) in [6.45, 7) is 3.33. The first kappa shape index (κ1) is 22.6. The van der Waals surface area contributed by atoms with Gasteiger partial charge in [-0.3, -0.25) is 9.59 Å². The second kappa shape index (κ2) is 7.75. The lowest BCUT2D eigenvalue weighted by atomic mass is 9.44. The number of rotatable bonds is 6. The fourth-order valence-corrected chi connectivity index (χ4v) is 7.84. The zero-order chi connectivity index (χ0) is 22.6. The Morgan fingerprint density at radius 1 is 1.26 bits per heavy atom. The van der Waals surface area contributed by atoms with E-state index in [1.54, 1.807) is 12.2 Å². The van der Waals surface area contributed by atoms with Crippen molar-refractivity contribution in [2.24, 2.45) is 28.6 Å². The number of carbonyl (C=O) groups is 3. The molecule has 0 radical (unpaired) electrons. The normalized spacial score (nSPS) is 44.0. The molecule has 4 aliphatic carbocycles. The Balaban J connectivity index is 1.73. The van der Waals surface area contributed by atoms with Crippen molar-refractivity contribution in [3.05, 3.63) is 23.3 Å². The van der Waals surface area contributed by atoms with Crippen LogP contribution in [0.5, 0.6) is 0 Å². The number of aldehydes is 1. The maximum atomic E-state index is 12.5. The summed E-state index contributed by atoms with van der Waals surface area (Å²) in [4.78, 5) is 35.8. The van der Waals surface area contributed by atoms with E-state index in [1.807, 2.05) is 6.92 Å². The maximum absolute atomic E-state index is 12.5. The molecule has 0 aliphatic heterocycles. The van der Waals surface area contributed by atoms with Crippen LogP contribution >= 0.6 is 0 Å². The van der Waals surface area contributed by atoms with Gasteiger partial charge >= 0.3 is 0 Å². The third-order valence-electron chi connectivity index (χ3n) is 9.36. The van der Waals surface area contributed by atoms with E-state index in [1.165, 1.54) is 0 Å². The molecule has 0 heterocycles. The minimum absolute atomic E-state index is 0.0223. The first-order chi connectivity index (χ1) is 14.6. The fraction of sp³-hybridized carbons (Fsp3) is 0.720. The summed E-state index contributed by atoms with van der Waals surface area (Å²) in [6.07, 6.45) is 8.17. The highest BCUT2D eigenvalue weighted by Crippen LogP contribution is 2.68. The molecular formula is C25H34O6. The second-order valence-corrected chi connectivity index (χ2v) is 10.5. The average molecular weight is 431 g/mol. The van der Waals surface area contributed by atoms with Crippen molar-refractivity contribution in [1.29, 1.82) is 0 Å². The van der Waals surface area contributed by atoms with E-state index in [0.717, 1.165) is 30.3 Å². The summed E-state index contributed by atoms with van der Waals surface area (Å²) < 4.78 is 0. The summed E-state index contributed by atoms with van der Waals surface area (Å²) in [6, 6.07) is 0. The Morgan fingerprint density at radius 3 is 2.68 bits per heavy atom. The second-order valence-electron chi connectivity index (χ2n) is 10.5. The lowest BCUT2D eigenvalue weighted by molar-refractivity contribution is -0.179. The number of ketones is 2. The highest BCUT2D eigenvalue weighted by Gasteiger charge is 2.68. The number of allylic oxidation sites excluding steroid dienone is 4. The minimum atomic E-state index is -1.61. The Morgan fingerprint density at radius 2 is 2.00 bits per heavy atom. The van der Waals surface area contributed by atoms with Crippen molar-refractivity contribution < 1.29 is 29.7 Å². The van der Waals surface area contributed by atoms with Crippen LogP contribution in [0.2, 0.25) is 0 Å². The van der Waals surface area contributed by atoms with Gasteiger partial charge in [-0.2, -0.15) is 0 Å². The van der Waals surface area contributed by atoms with Gasteiger partial charge in [0.25, 0.3) is 0 Å². The van der Waals surface area contributed by atoms with Crippen molar-refractivity contribution in [1.82, 2.24) is 0 Å². The van der Waals surface area contributed by atoms with Gasteiger partial charge in [0.05, 0.1) is 6.10 Å². The molecule has 7 atom stereocenters. The molecule has 4 aliphatic rings. The smallest absolute Gasteiger partial charge is 0.190 e. The molecule has 6 nitrogen and oxygen atoms in total. The molecule has 0 aromatic carbocycles. The Bertz CT molecular complexity index is 858. The molecule has 0 aromatic rings. The number of fused-ring (bicyclic) bond motifs is 5. The van der Waals surface area contributed by atoms with Gasteiger partial charge in [0.1, 0.15) is 18.5 Å². The van der Waals surface area contributed by atoms with Gasteiger partial charge in [-0.25, -0.2) is 0 Å². The van der Waals surface area contributed by atoms with E-state index in [4.69, 9.17) is 0 Å². The first-order valence-electron chi connectivity index (χ1n) is 11.6. The molecule has 6 heteroatoms. The highest BCUT2D eigenvalue weighted by molar-refractivity contribution is 6.02. The SMILES string of the molecule is C[C@]12C(CCCC=O)=CC(=O)C=C1CC[C@@H]1[C@@H]2[C@@H](O)C[C@@]2(C)[C@H]1CC[C@]2(O)C(=O)CO. The zero-order valence-electron chi connectivity index (χ0n) is 18.5. The van der Waals surface area contributed by atoms with E-state index in [9.17, 15) is 29.7 Å². The van der Waals surface area contributed by atoms with Crippen molar-refractivity contribution >= 4 is 17.9 Å². The average Bonchev–Trinajstić information content (AvgIpc) is 2.99. The van der Waals surface area contributed by atoms with Crippen LogP contribution in [0.3, 0.4) is 0 Å². The molecule has 31 heavy (non-hydrogen) atoms. The molecule has 0 bridgehead atoms. The number of hydrogen-bond donors (Lipinski definition) is 3. The third kappa shape index (κ3) is 3.05. The molecule has 3 saturated carbocycles. The molecule has 0 spiro atoms. The molecule has 3 fully saturated rings. The topological polar surface area (TPSA) is 112 Å². The Kier molecular flexibility index (Phi) is 5.64. The van der Waals surface area contributed by atoms with Crippen LogP contribution in [0.25, 0.3) is 0 Å². The van der Waals surface area contributed by atoms with Crippen LogP contribution in [0, 0.1) is 28.6 Å². The summed E-state index contributed by atoms with van der Waals surface area (Å²) in [7, 11) is 0. The fourth-order valence-electron chi connectivity index (χ4n) is 7.84. The van der Waals surface area contributed by atoms with E-state index >= 15 is 0 Å². The monoisotopic (exact) mass is 430 g/mol. The lowest BCUT2D eigenvalue weighted by Crippen LogP contribution is -2.62. The molecular weight excluding hydrogens is 396 g/mol. The Labute approximate surface area is 183 Å². The van der Waals surface area contributed by atoms with Crippen LogP contribution in [0.15, 0.2) is 23.3 Å². The third-order valence-corrected chi connectivity index (χ3v) is 9.36. The van der Waals surface area contributed by atoms with Gasteiger partial charge in [0.15, 0.2) is 11.6 Å². The number of aliphatic hydroxyl groups excluding tert-OH is 2. The predicted molar refractivity (Wildman–Crippen MR) is 114 cm³/mol. The molecule has 170 valence electrons. The van der Waals surface area contributed by atoms with Crippen LogP contribution in [0.4, 0.5) is 0 Å². The number of hydrogen-bond acceptors (Lipinski definition) is 6.